The lowest BCUT2D eigenvalue weighted by Gasteiger charge is -2.37. The molecule has 2 aromatic carbocycles. The van der Waals surface area contributed by atoms with Crippen LogP contribution in [0.4, 0.5) is 11.4 Å². The van der Waals surface area contributed by atoms with Crippen molar-refractivity contribution in [3.8, 4) is 0 Å². The van der Waals surface area contributed by atoms with Gasteiger partial charge < -0.3 is 10.1 Å². The van der Waals surface area contributed by atoms with Crippen molar-refractivity contribution in [2.24, 2.45) is 35.5 Å². The molecule has 0 unspecified atom stereocenters. The molecule has 1 aliphatic heterocycles. The van der Waals surface area contributed by atoms with Crippen LogP contribution in [0.2, 0.25) is 0 Å². The topological polar surface area (TPSA) is 92.8 Å². The van der Waals surface area contributed by atoms with Crippen molar-refractivity contribution in [1.29, 1.82) is 0 Å². The van der Waals surface area contributed by atoms with Gasteiger partial charge in [-0.25, -0.2) is 4.79 Å². The Morgan fingerprint density at radius 3 is 2.00 bits per heavy atom. The number of ether oxygens (including phenoxy) is 1. The Morgan fingerprint density at radius 2 is 1.44 bits per heavy atom. The normalized spacial score (nSPS) is 30.1. The van der Waals surface area contributed by atoms with E-state index in [4.69, 9.17) is 4.74 Å². The van der Waals surface area contributed by atoms with Crippen molar-refractivity contribution >= 4 is 35.1 Å². The molecule has 7 heteroatoms. The molecule has 34 heavy (non-hydrogen) atoms. The van der Waals surface area contributed by atoms with Gasteiger partial charge in [0.25, 0.3) is 5.91 Å². The van der Waals surface area contributed by atoms with Crippen LogP contribution in [0.1, 0.15) is 34.1 Å². The van der Waals surface area contributed by atoms with Gasteiger partial charge in [-0.3, -0.25) is 19.3 Å². The summed E-state index contributed by atoms with van der Waals surface area (Å²) < 4.78 is 4.96. The Hall–Kier alpha value is -3.74. The predicted octanol–water partition coefficient (Wildman–Crippen LogP) is 3.67. The third-order valence-corrected chi connectivity index (χ3v) is 7.70. The van der Waals surface area contributed by atoms with E-state index in [1.807, 2.05) is 0 Å². The average Bonchev–Trinajstić information content (AvgIpc) is 3.63. The largest absolute Gasteiger partial charge is 0.462 e. The highest BCUT2D eigenvalue weighted by Gasteiger charge is 2.67. The summed E-state index contributed by atoms with van der Waals surface area (Å²) >= 11 is 0. The number of nitrogens with zero attached hydrogens (tertiary/aromatic N) is 1. The van der Waals surface area contributed by atoms with Crippen molar-refractivity contribution in [2.45, 2.75) is 13.3 Å². The van der Waals surface area contributed by atoms with Crippen LogP contribution in [0.5, 0.6) is 0 Å². The average molecular weight is 456 g/mol. The van der Waals surface area contributed by atoms with Crippen LogP contribution in [0.15, 0.2) is 60.7 Å². The van der Waals surface area contributed by atoms with Gasteiger partial charge in [-0.2, -0.15) is 0 Å². The highest BCUT2D eigenvalue weighted by molar-refractivity contribution is 6.22. The molecule has 1 saturated heterocycles. The Labute approximate surface area is 196 Å². The number of hydrogen-bond donors (Lipinski definition) is 1. The summed E-state index contributed by atoms with van der Waals surface area (Å²) in [6.45, 7) is 2.03. The van der Waals surface area contributed by atoms with Gasteiger partial charge in [-0.15, -0.1) is 0 Å². The smallest absolute Gasteiger partial charge is 0.338 e. The summed E-state index contributed by atoms with van der Waals surface area (Å²) in [5, 5.41) is 2.79. The van der Waals surface area contributed by atoms with E-state index >= 15 is 0 Å². The summed E-state index contributed by atoms with van der Waals surface area (Å²) in [4.78, 5) is 52.2. The molecule has 3 fully saturated rings. The zero-order valence-electron chi connectivity index (χ0n) is 18.6. The van der Waals surface area contributed by atoms with Crippen molar-refractivity contribution in [1.82, 2.24) is 0 Å². The van der Waals surface area contributed by atoms with E-state index in [2.05, 4.69) is 17.5 Å². The van der Waals surface area contributed by atoms with E-state index in [1.165, 1.54) is 4.90 Å². The molecule has 0 radical (unpaired) electrons. The number of nitrogens with one attached hydrogen (secondary N) is 1. The number of allylic oxidation sites excluding steroid dienone is 2. The van der Waals surface area contributed by atoms with Crippen molar-refractivity contribution in [3.63, 3.8) is 0 Å². The molecule has 7 nitrogen and oxygen atoms in total. The first kappa shape index (κ1) is 20.8. The molecule has 6 atom stereocenters. The summed E-state index contributed by atoms with van der Waals surface area (Å²) in [6.07, 6.45) is 5.44. The molecule has 7 rings (SSSR count). The molecule has 1 heterocycles. The molecule has 5 aliphatic rings. The van der Waals surface area contributed by atoms with E-state index in [-0.39, 0.29) is 41.4 Å². The predicted molar refractivity (Wildman–Crippen MR) is 124 cm³/mol. The Bertz CT molecular complexity index is 1200. The summed E-state index contributed by atoms with van der Waals surface area (Å²) in [5.74, 6) is 0.0307. The second kappa shape index (κ2) is 7.65. The minimum Gasteiger partial charge on any atom is -0.462 e. The number of imide groups is 1. The number of rotatable bonds is 5. The van der Waals surface area contributed by atoms with Crippen LogP contribution in [0, 0.1) is 35.5 Å². The van der Waals surface area contributed by atoms with Crippen LogP contribution in [0.3, 0.4) is 0 Å². The van der Waals surface area contributed by atoms with E-state index in [1.54, 1.807) is 55.5 Å². The summed E-state index contributed by atoms with van der Waals surface area (Å²) in [6, 6.07) is 13.0. The standard InChI is InChI=1S/C27H24N2O5/c1-2-34-27(33)15-3-7-16(8-4-15)28-24(30)14-5-9-17(10-6-14)29-25(31)22-18-11-12-19(21-13-20(18)21)23(22)26(29)32/h3-12,18-23H,2,13H2,1H3,(H,28,30)/t18-,19-,20-,21+,22+,23+/m0/s1. The van der Waals surface area contributed by atoms with Gasteiger partial charge in [0.05, 0.1) is 29.7 Å². The molecule has 0 spiro atoms. The third kappa shape index (κ3) is 3.10. The number of carbonyl (C=O) groups is 4. The Balaban J connectivity index is 1.16. The van der Waals surface area contributed by atoms with Crippen LogP contribution in [0.25, 0.3) is 0 Å². The van der Waals surface area contributed by atoms with E-state index in [0.29, 0.717) is 40.9 Å². The van der Waals surface area contributed by atoms with Gasteiger partial charge in [0.2, 0.25) is 11.8 Å². The maximum atomic E-state index is 13.2. The molecule has 2 saturated carbocycles. The molecule has 1 N–H and O–H groups in total. The van der Waals surface area contributed by atoms with Gasteiger partial charge >= 0.3 is 5.97 Å². The molecule has 172 valence electrons. The lowest BCUT2D eigenvalue weighted by atomic mass is 9.63. The number of anilines is 2. The fourth-order valence-corrected chi connectivity index (χ4v) is 6.08. The zero-order valence-corrected chi connectivity index (χ0v) is 18.6. The minimum atomic E-state index is -0.414. The van der Waals surface area contributed by atoms with Crippen LogP contribution in [-0.2, 0) is 14.3 Å². The number of esters is 1. The van der Waals surface area contributed by atoms with Crippen molar-refractivity contribution in [3.05, 3.63) is 71.8 Å². The van der Waals surface area contributed by atoms with Gasteiger partial charge in [-0.1, -0.05) is 12.2 Å². The van der Waals surface area contributed by atoms with Crippen molar-refractivity contribution in [2.75, 3.05) is 16.8 Å². The monoisotopic (exact) mass is 456 g/mol. The molecule has 2 aromatic rings. The number of hydrogen-bond acceptors (Lipinski definition) is 5. The van der Waals surface area contributed by atoms with E-state index in [0.717, 1.165) is 6.42 Å². The maximum absolute atomic E-state index is 13.2. The number of amides is 3. The first-order valence-corrected chi connectivity index (χ1v) is 11.7. The van der Waals surface area contributed by atoms with E-state index in [9.17, 15) is 19.2 Å². The number of carbonyl (C=O) groups excluding carboxylic acids is 4. The lowest BCUT2D eigenvalue weighted by molar-refractivity contribution is -0.124. The molecule has 3 amide bonds. The van der Waals surface area contributed by atoms with Crippen LogP contribution >= 0.6 is 0 Å². The van der Waals surface area contributed by atoms with Gasteiger partial charge in [0, 0.05) is 11.3 Å². The Morgan fingerprint density at radius 1 is 0.882 bits per heavy atom. The van der Waals surface area contributed by atoms with Gasteiger partial charge in [-0.05, 0) is 85.5 Å². The zero-order chi connectivity index (χ0) is 23.6. The first-order chi connectivity index (χ1) is 16.5. The molecule has 0 aromatic heterocycles. The van der Waals surface area contributed by atoms with Gasteiger partial charge in [0.15, 0.2) is 0 Å². The van der Waals surface area contributed by atoms with Crippen LogP contribution < -0.4 is 10.2 Å². The van der Waals surface area contributed by atoms with E-state index < -0.39 is 5.97 Å². The molecular formula is C27H24N2O5. The molecule has 4 aliphatic carbocycles. The van der Waals surface area contributed by atoms with Gasteiger partial charge in [0.1, 0.15) is 0 Å². The second-order valence-corrected chi connectivity index (χ2v) is 9.47. The lowest BCUT2D eigenvalue weighted by Crippen LogP contribution is -2.40. The maximum Gasteiger partial charge on any atom is 0.338 e. The highest BCUT2D eigenvalue weighted by Crippen LogP contribution is 2.65. The quantitative estimate of drug-likeness (QED) is 0.421. The second-order valence-electron chi connectivity index (χ2n) is 9.47. The first-order valence-electron chi connectivity index (χ1n) is 11.7. The fraction of sp³-hybridized carbons (Fsp3) is 0.333. The summed E-state index contributed by atoms with van der Waals surface area (Å²) in [7, 11) is 0. The Kier molecular flexibility index (Phi) is 4.69. The summed E-state index contributed by atoms with van der Waals surface area (Å²) in [5.41, 5.74) is 1.86. The fourth-order valence-electron chi connectivity index (χ4n) is 6.08. The van der Waals surface area contributed by atoms with Crippen molar-refractivity contribution < 1.29 is 23.9 Å². The molecular weight excluding hydrogens is 432 g/mol. The minimum absolute atomic E-state index is 0.112. The number of benzene rings is 2. The van der Waals surface area contributed by atoms with Crippen LogP contribution in [-0.4, -0.2) is 30.3 Å². The highest BCUT2D eigenvalue weighted by atomic mass is 16.5. The SMILES string of the molecule is CCOC(=O)c1ccc(NC(=O)c2ccc(N3C(=O)[C@@H]4[C@H]5C=C[C@@H]([C@@H]6C[C@H]56)[C@H]4C3=O)cc2)cc1. The third-order valence-electron chi connectivity index (χ3n) is 7.70. The molecule has 2 bridgehead atoms.